The van der Waals surface area contributed by atoms with Crippen LogP contribution in [-0.4, -0.2) is 18.3 Å². The quantitative estimate of drug-likeness (QED) is 0.781. The highest BCUT2D eigenvalue weighted by Crippen LogP contribution is 2.26. The van der Waals surface area contributed by atoms with E-state index in [0.717, 1.165) is 19.4 Å². The summed E-state index contributed by atoms with van der Waals surface area (Å²) in [5.74, 6) is 0. The summed E-state index contributed by atoms with van der Waals surface area (Å²) in [5.41, 5.74) is 1.63. The fraction of sp³-hybridized carbons (Fsp3) is 0.714. The van der Waals surface area contributed by atoms with Crippen molar-refractivity contribution in [1.29, 1.82) is 0 Å². The van der Waals surface area contributed by atoms with E-state index in [4.69, 9.17) is 5.11 Å². The zero-order valence-electron chi connectivity index (χ0n) is 11.4. The third-order valence-electron chi connectivity index (χ3n) is 3.19. The SMILES string of the molecule is Cc1ccsc1C(C)NCC(C)(C)CCCO. The molecule has 0 amide bonds. The average Bonchev–Trinajstić information content (AvgIpc) is 2.70. The molecule has 98 valence electrons. The Labute approximate surface area is 109 Å². The molecule has 0 aromatic carbocycles. The van der Waals surface area contributed by atoms with Crippen LogP contribution in [0.2, 0.25) is 0 Å². The van der Waals surface area contributed by atoms with E-state index in [1.54, 1.807) is 0 Å². The van der Waals surface area contributed by atoms with E-state index in [9.17, 15) is 0 Å². The van der Waals surface area contributed by atoms with Gasteiger partial charge in [-0.3, -0.25) is 0 Å². The van der Waals surface area contributed by atoms with Crippen LogP contribution < -0.4 is 5.32 Å². The van der Waals surface area contributed by atoms with Crippen molar-refractivity contribution in [2.24, 2.45) is 5.41 Å². The van der Waals surface area contributed by atoms with Crippen LogP contribution in [0.4, 0.5) is 0 Å². The van der Waals surface area contributed by atoms with Crippen LogP contribution in [0.5, 0.6) is 0 Å². The number of nitrogens with one attached hydrogen (secondary N) is 1. The number of hydrogen-bond donors (Lipinski definition) is 2. The molecule has 0 bridgehead atoms. The maximum absolute atomic E-state index is 8.87. The molecule has 1 atom stereocenters. The maximum Gasteiger partial charge on any atom is 0.0431 e. The van der Waals surface area contributed by atoms with Gasteiger partial charge in [0.15, 0.2) is 0 Å². The van der Waals surface area contributed by atoms with Gasteiger partial charge in [0.1, 0.15) is 0 Å². The Morgan fingerprint density at radius 2 is 2.18 bits per heavy atom. The normalized spacial score (nSPS) is 13.9. The van der Waals surface area contributed by atoms with Crippen molar-refractivity contribution in [3.63, 3.8) is 0 Å². The van der Waals surface area contributed by atoms with E-state index in [1.807, 2.05) is 11.3 Å². The molecule has 1 aromatic rings. The van der Waals surface area contributed by atoms with Crippen LogP contribution in [0.1, 0.15) is 50.1 Å². The maximum atomic E-state index is 8.87. The zero-order valence-corrected chi connectivity index (χ0v) is 12.2. The van der Waals surface area contributed by atoms with Gasteiger partial charge in [0.2, 0.25) is 0 Å². The third-order valence-corrected chi connectivity index (χ3v) is 4.40. The number of aliphatic hydroxyl groups excluding tert-OH is 1. The number of aliphatic hydroxyl groups is 1. The summed E-state index contributed by atoms with van der Waals surface area (Å²) in [6, 6.07) is 2.60. The molecule has 0 spiro atoms. The molecule has 1 rings (SSSR count). The predicted octanol–water partition coefficient (Wildman–Crippen LogP) is 3.51. The van der Waals surface area contributed by atoms with Crippen molar-refractivity contribution in [1.82, 2.24) is 5.32 Å². The molecule has 0 saturated carbocycles. The fourth-order valence-corrected chi connectivity index (χ4v) is 2.96. The number of aryl methyl sites for hydroxylation is 1. The molecule has 0 aliphatic heterocycles. The van der Waals surface area contributed by atoms with E-state index in [1.165, 1.54) is 10.4 Å². The summed E-state index contributed by atoms with van der Waals surface area (Å²) < 4.78 is 0. The van der Waals surface area contributed by atoms with Gasteiger partial charge >= 0.3 is 0 Å². The molecular formula is C14H25NOS. The van der Waals surface area contributed by atoms with Crippen molar-refractivity contribution in [2.45, 2.75) is 46.6 Å². The molecule has 0 aliphatic carbocycles. The van der Waals surface area contributed by atoms with Crippen molar-refractivity contribution in [3.8, 4) is 0 Å². The average molecular weight is 255 g/mol. The van der Waals surface area contributed by atoms with Crippen molar-refractivity contribution >= 4 is 11.3 Å². The van der Waals surface area contributed by atoms with Gasteiger partial charge in [0.25, 0.3) is 0 Å². The fourth-order valence-electron chi connectivity index (χ4n) is 2.00. The van der Waals surface area contributed by atoms with Crippen molar-refractivity contribution < 1.29 is 5.11 Å². The number of hydrogen-bond acceptors (Lipinski definition) is 3. The van der Waals surface area contributed by atoms with Crippen molar-refractivity contribution in [2.75, 3.05) is 13.2 Å². The molecule has 0 saturated heterocycles. The van der Waals surface area contributed by atoms with E-state index in [0.29, 0.717) is 12.6 Å². The lowest BCUT2D eigenvalue weighted by Crippen LogP contribution is -2.31. The minimum absolute atomic E-state index is 0.252. The Hall–Kier alpha value is -0.380. The zero-order chi connectivity index (χ0) is 12.9. The molecule has 1 heterocycles. The number of rotatable bonds is 7. The molecule has 0 aliphatic rings. The largest absolute Gasteiger partial charge is 0.396 e. The molecule has 1 unspecified atom stereocenters. The van der Waals surface area contributed by atoms with Gasteiger partial charge in [-0.15, -0.1) is 11.3 Å². The van der Waals surface area contributed by atoms with E-state index in [2.05, 4.69) is 44.5 Å². The Balaban J connectivity index is 2.42. The molecule has 3 heteroatoms. The highest BCUT2D eigenvalue weighted by atomic mass is 32.1. The van der Waals surface area contributed by atoms with Gasteiger partial charge < -0.3 is 10.4 Å². The van der Waals surface area contributed by atoms with E-state index in [-0.39, 0.29) is 5.41 Å². The second-order valence-corrected chi connectivity index (χ2v) is 6.51. The molecule has 17 heavy (non-hydrogen) atoms. The van der Waals surface area contributed by atoms with Gasteiger partial charge in [0, 0.05) is 24.1 Å². The van der Waals surface area contributed by atoms with Gasteiger partial charge in [-0.25, -0.2) is 0 Å². The summed E-state index contributed by atoms with van der Waals surface area (Å²) in [7, 11) is 0. The number of thiophene rings is 1. The lowest BCUT2D eigenvalue weighted by atomic mass is 9.87. The van der Waals surface area contributed by atoms with E-state index >= 15 is 0 Å². The first-order chi connectivity index (χ1) is 7.96. The van der Waals surface area contributed by atoms with Crippen LogP contribution >= 0.6 is 11.3 Å². The summed E-state index contributed by atoms with van der Waals surface area (Å²) in [5, 5.41) is 14.6. The third kappa shape index (κ3) is 4.78. The van der Waals surface area contributed by atoms with Crippen LogP contribution in [0.15, 0.2) is 11.4 Å². The molecule has 1 aromatic heterocycles. The molecule has 0 radical (unpaired) electrons. The van der Waals surface area contributed by atoms with Crippen LogP contribution in [0.3, 0.4) is 0 Å². The topological polar surface area (TPSA) is 32.3 Å². The lowest BCUT2D eigenvalue weighted by Gasteiger charge is -2.27. The van der Waals surface area contributed by atoms with Crippen molar-refractivity contribution in [3.05, 3.63) is 21.9 Å². The second kappa shape index (κ2) is 6.53. The summed E-state index contributed by atoms with van der Waals surface area (Å²) in [6.07, 6.45) is 1.95. The molecule has 2 nitrogen and oxygen atoms in total. The summed E-state index contributed by atoms with van der Waals surface area (Å²) >= 11 is 1.82. The van der Waals surface area contributed by atoms with Gasteiger partial charge in [-0.1, -0.05) is 13.8 Å². The van der Waals surface area contributed by atoms with Crippen LogP contribution in [-0.2, 0) is 0 Å². The van der Waals surface area contributed by atoms with E-state index < -0.39 is 0 Å². The first-order valence-electron chi connectivity index (χ1n) is 6.34. The molecule has 0 fully saturated rings. The van der Waals surface area contributed by atoms with Gasteiger partial charge in [-0.05, 0) is 49.1 Å². The highest BCUT2D eigenvalue weighted by Gasteiger charge is 2.19. The Kier molecular flexibility index (Phi) is 5.63. The smallest absolute Gasteiger partial charge is 0.0431 e. The monoisotopic (exact) mass is 255 g/mol. The summed E-state index contributed by atoms with van der Waals surface area (Å²) in [4.78, 5) is 1.43. The van der Waals surface area contributed by atoms with Gasteiger partial charge in [-0.2, -0.15) is 0 Å². The van der Waals surface area contributed by atoms with Crippen LogP contribution in [0, 0.1) is 12.3 Å². The second-order valence-electron chi connectivity index (χ2n) is 5.56. The molecule has 2 N–H and O–H groups in total. The first-order valence-corrected chi connectivity index (χ1v) is 7.22. The summed E-state index contributed by atoms with van der Waals surface area (Å²) in [6.45, 7) is 10.2. The predicted molar refractivity (Wildman–Crippen MR) is 75.6 cm³/mol. The first kappa shape index (κ1) is 14.7. The van der Waals surface area contributed by atoms with Gasteiger partial charge in [0.05, 0.1) is 0 Å². The minimum Gasteiger partial charge on any atom is -0.396 e. The standard InChI is InChI=1S/C14H25NOS/c1-11-6-9-17-13(11)12(2)15-10-14(3,4)7-5-8-16/h6,9,12,15-16H,5,7-8,10H2,1-4H3. The van der Waals surface area contributed by atoms with Crippen LogP contribution in [0.25, 0.3) is 0 Å². The Morgan fingerprint density at radius 1 is 1.47 bits per heavy atom. The highest BCUT2D eigenvalue weighted by molar-refractivity contribution is 7.10. The Bertz CT molecular complexity index is 333. The Morgan fingerprint density at radius 3 is 2.71 bits per heavy atom. The molecular weight excluding hydrogens is 230 g/mol. The minimum atomic E-state index is 0.252. The lowest BCUT2D eigenvalue weighted by molar-refractivity contribution is 0.233.